The molecule has 0 aromatic rings. The molecule has 0 aromatic carbocycles. The average Bonchev–Trinajstić information content (AvgIpc) is 2.36. The smallest absolute Gasteiger partial charge is 0.0334 e. The summed E-state index contributed by atoms with van der Waals surface area (Å²) < 4.78 is 0. The molecular weight excluding hydrogens is 208 g/mol. The minimum atomic E-state index is 0.219. The summed E-state index contributed by atoms with van der Waals surface area (Å²) in [6.07, 6.45) is 3.32. The SMILES string of the molecule is C=C(CC)CC(NC)C(C)(CC)N(CC)CC. The minimum Gasteiger partial charge on any atom is -0.315 e. The summed E-state index contributed by atoms with van der Waals surface area (Å²) in [5.41, 5.74) is 1.56. The van der Waals surface area contributed by atoms with Gasteiger partial charge in [0.05, 0.1) is 0 Å². The zero-order valence-corrected chi connectivity index (χ0v) is 12.8. The lowest BCUT2D eigenvalue weighted by atomic mass is 9.83. The Morgan fingerprint density at radius 2 is 1.76 bits per heavy atom. The molecule has 0 saturated heterocycles. The van der Waals surface area contributed by atoms with Gasteiger partial charge in [-0.3, -0.25) is 4.90 Å². The maximum absolute atomic E-state index is 4.16. The average molecular weight is 240 g/mol. The first kappa shape index (κ1) is 16.7. The Kier molecular flexibility index (Phi) is 7.73. The summed E-state index contributed by atoms with van der Waals surface area (Å²) in [5, 5.41) is 3.51. The molecule has 1 N–H and O–H groups in total. The van der Waals surface area contributed by atoms with Crippen molar-refractivity contribution < 1.29 is 0 Å². The Morgan fingerprint density at radius 3 is 2.06 bits per heavy atom. The van der Waals surface area contributed by atoms with E-state index < -0.39 is 0 Å². The van der Waals surface area contributed by atoms with E-state index in [1.54, 1.807) is 0 Å². The molecule has 0 aliphatic carbocycles. The molecule has 2 atom stereocenters. The van der Waals surface area contributed by atoms with E-state index >= 15 is 0 Å². The van der Waals surface area contributed by atoms with Gasteiger partial charge in [0.1, 0.15) is 0 Å². The van der Waals surface area contributed by atoms with Crippen LogP contribution >= 0.6 is 0 Å². The third-order valence-corrected chi connectivity index (χ3v) is 4.29. The predicted octanol–water partition coefficient (Wildman–Crippen LogP) is 3.44. The van der Waals surface area contributed by atoms with Gasteiger partial charge in [0.15, 0.2) is 0 Å². The number of likely N-dealkylation sites (N-methyl/N-ethyl adjacent to an activating group) is 2. The molecule has 102 valence electrons. The first-order chi connectivity index (χ1) is 7.99. The second-order valence-electron chi connectivity index (χ2n) is 5.03. The van der Waals surface area contributed by atoms with Crippen molar-refractivity contribution >= 4 is 0 Å². The summed E-state index contributed by atoms with van der Waals surface area (Å²) in [6.45, 7) is 17.7. The quantitative estimate of drug-likeness (QED) is 0.621. The Hall–Kier alpha value is -0.340. The zero-order valence-electron chi connectivity index (χ0n) is 12.8. The van der Waals surface area contributed by atoms with E-state index in [1.807, 2.05) is 0 Å². The second-order valence-corrected chi connectivity index (χ2v) is 5.03. The van der Waals surface area contributed by atoms with Crippen molar-refractivity contribution in [3.8, 4) is 0 Å². The fourth-order valence-corrected chi connectivity index (χ4v) is 2.70. The summed E-state index contributed by atoms with van der Waals surface area (Å²) >= 11 is 0. The van der Waals surface area contributed by atoms with Gasteiger partial charge in [-0.25, -0.2) is 0 Å². The predicted molar refractivity (Wildman–Crippen MR) is 78.5 cm³/mol. The fraction of sp³-hybridized carbons (Fsp3) is 0.867. The van der Waals surface area contributed by atoms with Gasteiger partial charge in [-0.15, -0.1) is 0 Å². The molecule has 0 bridgehead atoms. The largest absolute Gasteiger partial charge is 0.315 e. The van der Waals surface area contributed by atoms with E-state index in [4.69, 9.17) is 0 Å². The molecule has 0 saturated carbocycles. The first-order valence-electron chi connectivity index (χ1n) is 7.08. The van der Waals surface area contributed by atoms with Crippen LogP contribution in [0.1, 0.15) is 53.9 Å². The highest BCUT2D eigenvalue weighted by Gasteiger charge is 2.35. The molecule has 0 radical (unpaired) electrons. The molecule has 0 aliphatic rings. The molecule has 2 unspecified atom stereocenters. The van der Waals surface area contributed by atoms with E-state index in [2.05, 4.69) is 58.5 Å². The van der Waals surface area contributed by atoms with Crippen molar-refractivity contribution in [3.63, 3.8) is 0 Å². The lowest BCUT2D eigenvalue weighted by Gasteiger charge is -2.46. The van der Waals surface area contributed by atoms with E-state index in [9.17, 15) is 0 Å². The summed E-state index contributed by atoms with van der Waals surface area (Å²) in [6, 6.07) is 0.486. The summed E-state index contributed by atoms with van der Waals surface area (Å²) in [7, 11) is 2.07. The Morgan fingerprint density at radius 1 is 1.24 bits per heavy atom. The molecule has 0 fully saturated rings. The van der Waals surface area contributed by atoms with E-state index in [1.165, 1.54) is 5.57 Å². The van der Waals surface area contributed by atoms with Gasteiger partial charge in [-0.05, 0) is 46.3 Å². The van der Waals surface area contributed by atoms with Crippen molar-refractivity contribution in [2.45, 2.75) is 65.5 Å². The normalized spacial score (nSPS) is 16.9. The molecule has 2 nitrogen and oxygen atoms in total. The van der Waals surface area contributed by atoms with Crippen LogP contribution in [0.3, 0.4) is 0 Å². The number of hydrogen-bond donors (Lipinski definition) is 1. The van der Waals surface area contributed by atoms with Crippen LogP contribution < -0.4 is 5.32 Å². The van der Waals surface area contributed by atoms with Gasteiger partial charge in [0, 0.05) is 11.6 Å². The van der Waals surface area contributed by atoms with Gasteiger partial charge in [-0.2, -0.15) is 0 Å². The maximum atomic E-state index is 4.16. The molecule has 2 heteroatoms. The highest BCUT2D eigenvalue weighted by atomic mass is 15.2. The lowest BCUT2D eigenvalue weighted by molar-refractivity contribution is 0.0728. The number of rotatable bonds is 9. The van der Waals surface area contributed by atoms with Crippen LogP contribution in [0.4, 0.5) is 0 Å². The second kappa shape index (κ2) is 7.88. The van der Waals surface area contributed by atoms with Gasteiger partial charge in [0.25, 0.3) is 0 Å². The van der Waals surface area contributed by atoms with Crippen molar-refractivity contribution in [2.24, 2.45) is 0 Å². The molecule has 0 aromatic heterocycles. The number of nitrogens with zero attached hydrogens (tertiary/aromatic N) is 1. The van der Waals surface area contributed by atoms with Crippen LogP contribution in [-0.2, 0) is 0 Å². The van der Waals surface area contributed by atoms with Crippen LogP contribution in [0.15, 0.2) is 12.2 Å². The third kappa shape index (κ3) is 4.11. The minimum absolute atomic E-state index is 0.219. The van der Waals surface area contributed by atoms with Crippen molar-refractivity contribution in [3.05, 3.63) is 12.2 Å². The van der Waals surface area contributed by atoms with E-state index in [0.29, 0.717) is 6.04 Å². The zero-order chi connectivity index (χ0) is 13.5. The molecule has 0 rings (SSSR count). The molecule has 0 spiro atoms. The Balaban J connectivity index is 4.94. The van der Waals surface area contributed by atoms with Gasteiger partial charge < -0.3 is 5.32 Å². The lowest BCUT2D eigenvalue weighted by Crippen LogP contribution is -2.58. The Bertz CT molecular complexity index is 221. The molecule has 0 heterocycles. The van der Waals surface area contributed by atoms with E-state index in [-0.39, 0.29) is 5.54 Å². The Labute approximate surface area is 108 Å². The van der Waals surface area contributed by atoms with Crippen LogP contribution in [0, 0.1) is 0 Å². The van der Waals surface area contributed by atoms with Crippen LogP contribution in [-0.4, -0.2) is 36.6 Å². The van der Waals surface area contributed by atoms with Gasteiger partial charge >= 0.3 is 0 Å². The molecular formula is C15H32N2. The van der Waals surface area contributed by atoms with Crippen LogP contribution in [0.5, 0.6) is 0 Å². The number of nitrogens with one attached hydrogen (secondary N) is 1. The fourth-order valence-electron chi connectivity index (χ4n) is 2.70. The summed E-state index contributed by atoms with van der Waals surface area (Å²) in [4.78, 5) is 2.57. The highest BCUT2D eigenvalue weighted by Crippen LogP contribution is 2.27. The standard InChI is InChI=1S/C15H32N2/c1-8-13(5)12-14(16-7)15(6,9-2)17(10-3)11-4/h14,16H,5,8-12H2,1-4,6-7H3. The van der Waals surface area contributed by atoms with Gasteiger partial charge in [0.2, 0.25) is 0 Å². The van der Waals surface area contributed by atoms with Crippen molar-refractivity contribution in [2.75, 3.05) is 20.1 Å². The highest BCUT2D eigenvalue weighted by molar-refractivity contribution is 5.04. The maximum Gasteiger partial charge on any atom is 0.0334 e. The van der Waals surface area contributed by atoms with Gasteiger partial charge in [-0.1, -0.05) is 39.8 Å². The molecule has 0 amide bonds. The van der Waals surface area contributed by atoms with Crippen LogP contribution in [0.25, 0.3) is 0 Å². The number of hydrogen-bond acceptors (Lipinski definition) is 2. The van der Waals surface area contributed by atoms with E-state index in [0.717, 1.165) is 32.4 Å². The molecule has 17 heavy (non-hydrogen) atoms. The first-order valence-corrected chi connectivity index (χ1v) is 7.08. The summed E-state index contributed by atoms with van der Waals surface area (Å²) in [5.74, 6) is 0. The van der Waals surface area contributed by atoms with Crippen molar-refractivity contribution in [1.82, 2.24) is 10.2 Å². The topological polar surface area (TPSA) is 15.3 Å². The van der Waals surface area contributed by atoms with Crippen molar-refractivity contribution in [1.29, 1.82) is 0 Å². The third-order valence-electron chi connectivity index (χ3n) is 4.29. The van der Waals surface area contributed by atoms with Crippen LogP contribution in [0.2, 0.25) is 0 Å². The monoisotopic (exact) mass is 240 g/mol. The molecule has 0 aliphatic heterocycles.